The van der Waals surface area contributed by atoms with Gasteiger partial charge in [-0.25, -0.2) is 4.79 Å². The molecule has 0 saturated carbocycles. The van der Waals surface area contributed by atoms with E-state index in [0.29, 0.717) is 0 Å². The number of benzene rings is 2. The maximum absolute atomic E-state index is 12.6. The lowest BCUT2D eigenvalue weighted by atomic mass is 10.2. The monoisotopic (exact) mass is 453 g/mol. The Morgan fingerprint density at radius 2 is 1.87 bits per heavy atom. The topological polar surface area (TPSA) is 128 Å². The number of ether oxygens (including phenoxy) is 1. The summed E-state index contributed by atoms with van der Waals surface area (Å²) >= 11 is 0.258. The number of hydrogen-bond acceptors (Lipinski definition) is 7. The first-order valence-corrected chi connectivity index (χ1v) is 9.61. The van der Waals surface area contributed by atoms with Crippen LogP contribution in [-0.4, -0.2) is 41.1 Å². The Bertz CT molecular complexity index is 989. The molecule has 0 aliphatic carbocycles. The Morgan fingerprint density at radius 3 is 2.55 bits per heavy atom. The van der Waals surface area contributed by atoms with E-state index in [-0.39, 0.29) is 33.6 Å². The van der Waals surface area contributed by atoms with Gasteiger partial charge in [0.05, 0.1) is 10.6 Å². The number of para-hydroxylation sites is 1. The molecule has 0 aromatic heterocycles. The van der Waals surface area contributed by atoms with Crippen LogP contribution in [-0.2, 0) is 14.3 Å². The fraction of sp³-hybridized carbons (Fsp3) is 0.211. The van der Waals surface area contributed by atoms with Crippen molar-refractivity contribution in [1.29, 1.82) is 0 Å². The van der Waals surface area contributed by atoms with Crippen LogP contribution >= 0.6 is 11.8 Å². The number of amides is 2. The summed E-state index contributed by atoms with van der Waals surface area (Å²) in [7, 11) is 0. The molecule has 0 bridgehead atoms. The molecule has 2 aromatic rings. The first-order chi connectivity index (χ1) is 14.7. The predicted molar refractivity (Wildman–Crippen MR) is 108 cm³/mol. The van der Waals surface area contributed by atoms with Crippen LogP contribution in [0.15, 0.2) is 53.4 Å². The fourth-order valence-electron chi connectivity index (χ4n) is 2.32. The van der Waals surface area contributed by atoms with Gasteiger partial charge in [-0.05, 0) is 25.1 Å². The number of anilines is 1. The summed E-state index contributed by atoms with van der Waals surface area (Å²) in [6.07, 6.45) is 0. The number of nitro groups is 1. The molecule has 12 heteroatoms. The molecule has 0 spiro atoms. The lowest BCUT2D eigenvalue weighted by molar-refractivity contribution is -0.384. The molecule has 1 unspecified atom stereocenters. The molecule has 164 valence electrons. The second kappa shape index (κ2) is 11.0. The van der Waals surface area contributed by atoms with Crippen LogP contribution in [0, 0.1) is 10.1 Å². The standard InChI is InChI=1S/C19H17F2N3O6S/c1-11(22-17(26)12-5-4-6-13(9-12)24(28)29)18(27)30-10-16(25)23-14-7-2-3-8-15(14)31-19(20)21/h2-9,11,19H,10H2,1H3,(H,22,26)(H,23,25). The fourth-order valence-corrected chi connectivity index (χ4v) is 2.91. The number of halogens is 2. The van der Waals surface area contributed by atoms with E-state index in [0.717, 1.165) is 6.07 Å². The third-order valence-corrected chi connectivity index (χ3v) is 4.53. The van der Waals surface area contributed by atoms with E-state index < -0.39 is 41.1 Å². The highest BCUT2D eigenvalue weighted by Gasteiger charge is 2.20. The van der Waals surface area contributed by atoms with Gasteiger partial charge in [-0.1, -0.05) is 30.0 Å². The highest BCUT2D eigenvalue weighted by Crippen LogP contribution is 2.31. The second-order valence-corrected chi connectivity index (χ2v) is 7.07. The van der Waals surface area contributed by atoms with Gasteiger partial charge >= 0.3 is 5.97 Å². The van der Waals surface area contributed by atoms with Gasteiger partial charge < -0.3 is 15.4 Å². The smallest absolute Gasteiger partial charge is 0.328 e. The van der Waals surface area contributed by atoms with Gasteiger partial charge in [0.1, 0.15) is 6.04 Å². The summed E-state index contributed by atoms with van der Waals surface area (Å²) in [5, 5.41) is 15.5. The number of hydrogen-bond donors (Lipinski definition) is 2. The van der Waals surface area contributed by atoms with Gasteiger partial charge in [0.25, 0.3) is 23.3 Å². The maximum atomic E-state index is 12.6. The van der Waals surface area contributed by atoms with Crippen LogP contribution in [0.3, 0.4) is 0 Å². The van der Waals surface area contributed by atoms with E-state index in [1.807, 2.05) is 0 Å². The molecular weight excluding hydrogens is 436 g/mol. The minimum atomic E-state index is -2.67. The number of non-ortho nitro benzene ring substituents is 1. The molecule has 2 amide bonds. The van der Waals surface area contributed by atoms with Crippen LogP contribution in [0.1, 0.15) is 17.3 Å². The first kappa shape index (κ1) is 23.7. The molecule has 9 nitrogen and oxygen atoms in total. The third-order valence-electron chi connectivity index (χ3n) is 3.74. The zero-order chi connectivity index (χ0) is 23.0. The van der Waals surface area contributed by atoms with Gasteiger partial charge in [-0.15, -0.1) is 0 Å². The molecule has 2 rings (SSSR count). The number of rotatable bonds is 9. The average molecular weight is 453 g/mol. The van der Waals surface area contributed by atoms with Crippen molar-refractivity contribution in [2.75, 3.05) is 11.9 Å². The highest BCUT2D eigenvalue weighted by molar-refractivity contribution is 7.99. The number of nitro benzene ring substituents is 1. The van der Waals surface area contributed by atoms with Crippen LogP contribution in [0.4, 0.5) is 20.2 Å². The van der Waals surface area contributed by atoms with Crippen molar-refractivity contribution in [3.8, 4) is 0 Å². The van der Waals surface area contributed by atoms with Crippen LogP contribution < -0.4 is 10.6 Å². The molecule has 0 saturated heterocycles. The summed E-state index contributed by atoms with van der Waals surface area (Å²) < 4.78 is 30.0. The highest BCUT2D eigenvalue weighted by atomic mass is 32.2. The molecule has 1 atom stereocenters. The van der Waals surface area contributed by atoms with Crippen LogP contribution in [0.5, 0.6) is 0 Å². The summed E-state index contributed by atoms with van der Waals surface area (Å²) in [5.74, 6) is -5.10. The predicted octanol–water partition coefficient (Wildman–Crippen LogP) is 3.21. The Morgan fingerprint density at radius 1 is 1.16 bits per heavy atom. The van der Waals surface area contributed by atoms with Crippen molar-refractivity contribution in [1.82, 2.24) is 5.32 Å². The number of nitrogens with one attached hydrogen (secondary N) is 2. The summed E-state index contributed by atoms with van der Waals surface area (Å²) in [5.41, 5.74) is -0.176. The van der Waals surface area contributed by atoms with Crippen LogP contribution in [0.25, 0.3) is 0 Å². The Balaban J connectivity index is 1.88. The molecule has 0 aliphatic rings. The van der Waals surface area contributed by atoms with Gasteiger partial charge in [0, 0.05) is 22.6 Å². The number of carbonyl (C=O) groups excluding carboxylic acids is 3. The van der Waals surface area contributed by atoms with E-state index in [4.69, 9.17) is 4.74 Å². The van der Waals surface area contributed by atoms with Crippen LogP contribution in [0.2, 0.25) is 0 Å². The molecule has 0 heterocycles. The lowest BCUT2D eigenvalue weighted by Crippen LogP contribution is -2.40. The third kappa shape index (κ3) is 7.33. The number of thioether (sulfide) groups is 1. The van der Waals surface area contributed by atoms with E-state index in [9.17, 15) is 33.3 Å². The molecule has 0 fully saturated rings. The largest absolute Gasteiger partial charge is 0.454 e. The first-order valence-electron chi connectivity index (χ1n) is 8.73. The lowest BCUT2D eigenvalue weighted by Gasteiger charge is -2.14. The van der Waals surface area contributed by atoms with Crippen molar-refractivity contribution in [3.05, 3.63) is 64.2 Å². The minimum absolute atomic E-state index is 0.0280. The number of alkyl halides is 2. The van der Waals surface area contributed by atoms with Crippen molar-refractivity contribution in [2.45, 2.75) is 23.6 Å². The van der Waals surface area contributed by atoms with Crippen molar-refractivity contribution < 1.29 is 32.8 Å². The quantitative estimate of drug-likeness (QED) is 0.258. The van der Waals surface area contributed by atoms with Crippen molar-refractivity contribution in [2.24, 2.45) is 0 Å². The van der Waals surface area contributed by atoms with Crippen molar-refractivity contribution >= 4 is 40.9 Å². The zero-order valence-electron chi connectivity index (χ0n) is 16.0. The van der Waals surface area contributed by atoms with Gasteiger partial charge in [0.15, 0.2) is 6.61 Å². The van der Waals surface area contributed by atoms with E-state index in [2.05, 4.69) is 10.6 Å². The second-order valence-electron chi connectivity index (χ2n) is 6.03. The van der Waals surface area contributed by atoms with Crippen molar-refractivity contribution in [3.63, 3.8) is 0 Å². The van der Waals surface area contributed by atoms with Gasteiger partial charge in [-0.3, -0.25) is 19.7 Å². The Kier molecular flexibility index (Phi) is 8.43. The van der Waals surface area contributed by atoms with Gasteiger partial charge in [-0.2, -0.15) is 8.78 Å². The number of nitrogens with zero attached hydrogens (tertiary/aromatic N) is 1. The molecule has 2 N–H and O–H groups in total. The minimum Gasteiger partial charge on any atom is -0.454 e. The number of esters is 1. The number of carbonyl (C=O) groups is 3. The average Bonchev–Trinajstić information content (AvgIpc) is 2.73. The molecule has 31 heavy (non-hydrogen) atoms. The molecular formula is C19H17F2N3O6S. The van der Waals surface area contributed by atoms with Gasteiger partial charge in [0.2, 0.25) is 0 Å². The zero-order valence-corrected chi connectivity index (χ0v) is 16.9. The normalized spacial score (nSPS) is 11.5. The summed E-state index contributed by atoms with van der Waals surface area (Å²) in [6.45, 7) is 0.605. The van der Waals surface area contributed by atoms with E-state index in [1.54, 1.807) is 6.07 Å². The van der Waals surface area contributed by atoms with E-state index >= 15 is 0 Å². The molecule has 2 aromatic carbocycles. The SMILES string of the molecule is CC(NC(=O)c1cccc([N+](=O)[O-])c1)C(=O)OCC(=O)Nc1ccccc1SC(F)F. The summed E-state index contributed by atoms with van der Waals surface area (Å²) in [4.78, 5) is 46.4. The molecule has 0 radical (unpaired) electrons. The van der Waals surface area contributed by atoms with E-state index in [1.165, 1.54) is 43.3 Å². The molecule has 0 aliphatic heterocycles. The Hall–Kier alpha value is -3.54. The maximum Gasteiger partial charge on any atom is 0.328 e. The Labute approximate surface area is 179 Å². The summed E-state index contributed by atoms with van der Waals surface area (Å²) in [6, 6.07) is 9.68.